The predicted octanol–water partition coefficient (Wildman–Crippen LogP) is 2.86. The molecule has 0 radical (unpaired) electrons. The summed E-state index contributed by atoms with van der Waals surface area (Å²) in [4.78, 5) is 11.3. The van der Waals surface area contributed by atoms with Gasteiger partial charge in [-0.05, 0) is 24.8 Å². The molecule has 0 aromatic carbocycles. The molecule has 2 aromatic heterocycles. The zero-order chi connectivity index (χ0) is 13.2. The number of aryl methyl sites for hydroxylation is 1. The zero-order valence-corrected chi connectivity index (χ0v) is 10.2. The second-order valence-electron chi connectivity index (χ2n) is 3.32. The Balaban J connectivity index is 2.25. The Labute approximate surface area is 105 Å². The van der Waals surface area contributed by atoms with Crippen molar-refractivity contribution in [2.75, 3.05) is 0 Å². The lowest BCUT2D eigenvalue weighted by Crippen LogP contribution is -2.09. The average molecular weight is 274 g/mol. The highest BCUT2D eigenvalue weighted by Crippen LogP contribution is 2.29. The lowest BCUT2D eigenvalue weighted by molar-refractivity contribution is -0.141. The van der Waals surface area contributed by atoms with Crippen molar-refractivity contribution in [1.82, 2.24) is 19.5 Å². The highest BCUT2D eigenvalue weighted by Gasteiger charge is 2.32. The molecule has 0 amide bonds. The fourth-order valence-corrected chi connectivity index (χ4v) is 2.11. The summed E-state index contributed by atoms with van der Waals surface area (Å²) in [6.07, 6.45) is -0.0365. The SMILES string of the molecule is CCn1ccnc1Sc1nccc(C(F)(F)F)n1. The Kier molecular flexibility index (Phi) is 3.55. The predicted molar refractivity (Wildman–Crippen MR) is 59.1 cm³/mol. The van der Waals surface area contributed by atoms with Crippen molar-refractivity contribution in [2.45, 2.75) is 30.0 Å². The second-order valence-corrected chi connectivity index (χ2v) is 4.25. The fraction of sp³-hybridized carbons (Fsp3) is 0.300. The maximum absolute atomic E-state index is 12.5. The first-order valence-corrected chi connectivity index (χ1v) is 5.91. The number of hydrogen-bond acceptors (Lipinski definition) is 4. The number of hydrogen-bond donors (Lipinski definition) is 0. The third kappa shape index (κ3) is 2.81. The Hall–Kier alpha value is -1.57. The molecule has 0 saturated heterocycles. The van der Waals surface area contributed by atoms with E-state index in [1.165, 1.54) is 0 Å². The van der Waals surface area contributed by atoms with Gasteiger partial charge in [0.25, 0.3) is 0 Å². The van der Waals surface area contributed by atoms with Crippen molar-refractivity contribution in [3.8, 4) is 0 Å². The van der Waals surface area contributed by atoms with Crippen LogP contribution in [0.2, 0.25) is 0 Å². The number of nitrogens with zero attached hydrogens (tertiary/aromatic N) is 4. The molecule has 0 bridgehead atoms. The molecule has 0 aliphatic heterocycles. The van der Waals surface area contributed by atoms with Crippen LogP contribution in [0.5, 0.6) is 0 Å². The van der Waals surface area contributed by atoms with Gasteiger partial charge in [0.1, 0.15) is 5.69 Å². The normalized spacial score (nSPS) is 11.8. The van der Waals surface area contributed by atoms with Crippen LogP contribution in [-0.4, -0.2) is 19.5 Å². The molecule has 0 aliphatic rings. The first-order chi connectivity index (χ1) is 8.50. The van der Waals surface area contributed by atoms with Crippen LogP contribution in [0, 0.1) is 0 Å². The molecule has 0 unspecified atom stereocenters. The van der Waals surface area contributed by atoms with E-state index >= 15 is 0 Å². The molecule has 0 saturated carbocycles. The Bertz CT molecular complexity index is 538. The van der Waals surface area contributed by atoms with Crippen LogP contribution in [0.1, 0.15) is 12.6 Å². The second kappa shape index (κ2) is 4.97. The first kappa shape index (κ1) is 12.9. The number of alkyl halides is 3. The quantitative estimate of drug-likeness (QED) is 0.807. The lowest BCUT2D eigenvalue weighted by Gasteiger charge is -2.07. The van der Waals surface area contributed by atoms with Gasteiger partial charge in [-0.1, -0.05) is 0 Å². The fourth-order valence-electron chi connectivity index (χ4n) is 1.27. The van der Waals surface area contributed by atoms with Crippen molar-refractivity contribution in [3.05, 3.63) is 30.4 Å². The molecular formula is C10H9F3N4S. The standard InChI is InChI=1S/C10H9F3N4S/c1-2-17-6-5-15-9(17)18-8-14-4-3-7(16-8)10(11,12)13/h3-6H,2H2,1H3. The number of imidazole rings is 1. The van der Waals surface area contributed by atoms with E-state index in [0.29, 0.717) is 11.7 Å². The zero-order valence-electron chi connectivity index (χ0n) is 9.35. The molecule has 0 atom stereocenters. The highest BCUT2D eigenvalue weighted by atomic mass is 32.2. The molecule has 2 heterocycles. The molecule has 18 heavy (non-hydrogen) atoms. The van der Waals surface area contributed by atoms with Crippen molar-refractivity contribution in [2.24, 2.45) is 0 Å². The maximum Gasteiger partial charge on any atom is 0.433 e. The van der Waals surface area contributed by atoms with Crippen LogP contribution in [0.15, 0.2) is 35.0 Å². The lowest BCUT2D eigenvalue weighted by atomic mass is 10.4. The Morgan fingerprint density at radius 3 is 2.72 bits per heavy atom. The summed E-state index contributed by atoms with van der Waals surface area (Å²) in [5.74, 6) is 0. The van der Waals surface area contributed by atoms with Crippen LogP contribution >= 0.6 is 11.8 Å². The van der Waals surface area contributed by atoms with Gasteiger partial charge in [0.2, 0.25) is 0 Å². The van der Waals surface area contributed by atoms with Crippen molar-refractivity contribution in [3.63, 3.8) is 0 Å². The van der Waals surface area contributed by atoms with Crippen molar-refractivity contribution < 1.29 is 13.2 Å². The van der Waals surface area contributed by atoms with Crippen LogP contribution in [-0.2, 0) is 12.7 Å². The van der Waals surface area contributed by atoms with Crippen molar-refractivity contribution >= 4 is 11.8 Å². The summed E-state index contributed by atoms with van der Waals surface area (Å²) in [5.41, 5.74) is -0.949. The molecule has 4 nitrogen and oxygen atoms in total. The molecule has 0 N–H and O–H groups in total. The molecule has 2 rings (SSSR count). The van der Waals surface area contributed by atoms with Gasteiger partial charge in [0, 0.05) is 25.1 Å². The molecule has 96 valence electrons. The van der Waals surface area contributed by atoms with Gasteiger partial charge < -0.3 is 4.57 Å². The number of rotatable bonds is 3. The molecular weight excluding hydrogens is 265 g/mol. The largest absolute Gasteiger partial charge is 0.433 e. The monoisotopic (exact) mass is 274 g/mol. The molecule has 0 spiro atoms. The summed E-state index contributed by atoms with van der Waals surface area (Å²) < 4.78 is 39.2. The van der Waals surface area contributed by atoms with Crippen LogP contribution in [0.3, 0.4) is 0 Å². The minimum absolute atomic E-state index is 0.0331. The highest BCUT2D eigenvalue weighted by molar-refractivity contribution is 7.99. The van der Waals surface area contributed by atoms with Crippen molar-refractivity contribution in [1.29, 1.82) is 0 Å². The van der Waals surface area contributed by atoms with E-state index in [2.05, 4.69) is 15.0 Å². The summed E-state index contributed by atoms with van der Waals surface area (Å²) in [7, 11) is 0. The van der Waals surface area contributed by atoms with Crippen LogP contribution in [0.25, 0.3) is 0 Å². The van der Waals surface area contributed by atoms with Gasteiger partial charge in [-0.3, -0.25) is 0 Å². The van der Waals surface area contributed by atoms with E-state index in [0.717, 1.165) is 24.0 Å². The summed E-state index contributed by atoms with van der Waals surface area (Å²) in [6, 6.07) is 0.844. The molecule has 2 aromatic rings. The number of aromatic nitrogens is 4. The van der Waals surface area contributed by atoms with Gasteiger partial charge in [-0.15, -0.1) is 0 Å². The van der Waals surface area contributed by atoms with E-state index in [1.54, 1.807) is 17.0 Å². The molecule has 0 aliphatic carbocycles. The van der Waals surface area contributed by atoms with Gasteiger partial charge in [-0.2, -0.15) is 13.2 Å². The Morgan fingerprint density at radius 2 is 2.06 bits per heavy atom. The average Bonchev–Trinajstić information content (AvgIpc) is 2.75. The number of halogens is 3. The first-order valence-electron chi connectivity index (χ1n) is 5.10. The van der Waals surface area contributed by atoms with E-state index in [-0.39, 0.29) is 5.16 Å². The summed E-state index contributed by atoms with van der Waals surface area (Å²) in [5, 5.41) is 0.600. The van der Waals surface area contributed by atoms with Gasteiger partial charge in [0.15, 0.2) is 10.3 Å². The van der Waals surface area contributed by atoms with Crippen LogP contribution < -0.4 is 0 Å². The third-order valence-electron chi connectivity index (χ3n) is 2.12. The van der Waals surface area contributed by atoms with Crippen LogP contribution in [0.4, 0.5) is 13.2 Å². The Morgan fingerprint density at radius 1 is 1.28 bits per heavy atom. The molecule has 8 heteroatoms. The van der Waals surface area contributed by atoms with E-state index in [9.17, 15) is 13.2 Å². The maximum atomic E-state index is 12.5. The molecule has 0 fully saturated rings. The summed E-state index contributed by atoms with van der Waals surface area (Å²) in [6.45, 7) is 2.60. The summed E-state index contributed by atoms with van der Waals surface area (Å²) >= 11 is 1.01. The topological polar surface area (TPSA) is 43.6 Å². The smallest absolute Gasteiger partial charge is 0.326 e. The minimum Gasteiger partial charge on any atom is -0.326 e. The van der Waals surface area contributed by atoms with E-state index in [4.69, 9.17) is 0 Å². The van der Waals surface area contributed by atoms with Gasteiger partial charge >= 0.3 is 6.18 Å². The third-order valence-corrected chi connectivity index (χ3v) is 3.03. The van der Waals surface area contributed by atoms with E-state index < -0.39 is 11.9 Å². The van der Waals surface area contributed by atoms with E-state index in [1.807, 2.05) is 6.92 Å². The minimum atomic E-state index is -4.46. The van der Waals surface area contributed by atoms with Gasteiger partial charge in [-0.25, -0.2) is 15.0 Å². The van der Waals surface area contributed by atoms with Gasteiger partial charge in [0.05, 0.1) is 0 Å².